The third kappa shape index (κ3) is 4.13. The molecule has 0 aliphatic carbocycles. The van der Waals surface area contributed by atoms with Gasteiger partial charge in [0.25, 0.3) is 5.91 Å². The number of rotatable bonds is 5. The number of benzene rings is 1. The number of piperidine rings is 1. The molecule has 0 bridgehead atoms. The van der Waals surface area contributed by atoms with Crippen molar-refractivity contribution in [1.29, 1.82) is 0 Å². The molecule has 1 N–H and O–H groups in total. The first-order valence-electron chi connectivity index (χ1n) is 6.56. The molecule has 4 heteroatoms. The van der Waals surface area contributed by atoms with Gasteiger partial charge in [0.15, 0.2) is 0 Å². The number of amides is 1. The van der Waals surface area contributed by atoms with Crippen molar-refractivity contribution in [3.8, 4) is 0 Å². The van der Waals surface area contributed by atoms with E-state index < -0.39 is 0 Å². The lowest BCUT2D eigenvalue weighted by Crippen LogP contribution is -2.35. The highest BCUT2D eigenvalue weighted by Gasteiger charge is 2.09. The van der Waals surface area contributed by atoms with Gasteiger partial charge in [0.05, 0.1) is 6.61 Å². The molecule has 0 unspecified atom stereocenters. The van der Waals surface area contributed by atoms with Crippen LogP contribution in [0.25, 0.3) is 0 Å². The fourth-order valence-corrected chi connectivity index (χ4v) is 2.12. The third-order valence-corrected chi connectivity index (χ3v) is 3.16. The molecule has 1 amide bonds. The summed E-state index contributed by atoms with van der Waals surface area (Å²) in [5, 5.41) is 0. The van der Waals surface area contributed by atoms with Gasteiger partial charge in [-0.25, -0.2) is 5.48 Å². The summed E-state index contributed by atoms with van der Waals surface area (Å²) in [5.74, 6) is -0.186. The highest BCUT2D eigenvalue weighted by molar-refractivity contribution is 5.93. The van der Waals surface area contributed by atoms with Gasteiger partial charge in [0.2, 0.25) is 0 Å². The van der Waals surface area contributed by atoms with Gasteiger partial charge >= 0.3 is 0 Å². The van der Waals surface area contributed by atoms with Crippen LogP contribution in [0, 0.1) is 0 Å². The Kier molecular flexibility index (Phi) is 5.17. The van der Waals surface area contributed by atoms with Gasteiger partial charge in [-0.05, 0) is 38.1 Å². The summed E-state index contributed by atoms with van der Waals surface area (Å²) in [4.78, 5) is 19.2. The maximum atomic E-state index is 11.6. The van der Waals surface area contributed by atoms with Crippen molar-refractivity contribution < 1.29 is 9.63 Å². The molecule has 18 heavy (non-hydrogen) atoms. The maximum absolute atomic E-state index is 11.6. The zero-order chi connectivity index (χ0) is 12.6. The third-order valence-electron chi connectivity index (χ3n) is 3.16. The number of hydroxylamine groups is 1. The number of likely N-dealkylation sites (tertiary alicyclic amines) is 1. The van der Waals surface area contributed by atoms with Crippen LogP contribution in [0.5, 0.6) is 0 Å². The largest absolute Gasteiger partial charge is 0.301 e. The molecule has 2 rings (SSSR count). The van der Waals surface area contributed by atoms with E-state index >= 15 is 0 Å². The van der Waals surface area contributed by atoms with Crippen molar-refractivity contribution in [3.63, 3.8) is 0 Å². The average molecular weight is 248 g/mol. The van der Waals surface area contributed by atoms with E-state index in [1.54, 1.807) is 12.1 Å². The van der Waals surface area contributed by atoms with E-state index in [9.17, 15) is 4.79 Å². The number of nitrogens with one attached hydrogen (secondary N) is 1. The Bertz CT molecular complexity index is 361. The van der Waals surface area contributed by atoms with Gasteiger partial charge in [0, 0.05) is 12.1 Å². The average Bonchev–Trinajstić information content (AvgIpc) is 2.45. The summed E-state index contributed by atoms with van der Waals surface area (Å²) >= 11 is 0. The van der Waals surface area contributed by atoms with Gasteiger partial charge in [-0.1, -0.05) is 24.6 Å². The Morgan fingerprint density at radius 3 is 2.61 bits per heavy atom. The van der Waals surface area contributed by atoms with Crippen molar-refractivity contribution in [1.82, 2.24) is 10.4 Å². The fourth-order valence-electron chi connectivity index (χ4n) is 2.12. The Hall–Kier alpha value is -1.39. The maximum Gasteiger partial charge on any atom is 0.274 e. The number of nitrogens with zero attached hydrogens (tertiary/aromatic N) is 1. The van der Waals surface area contributed by atoms with E-state index in [0.717, 1.165) is 19.6 Å². The zero-order valence-corrected chi connectivity index (χ0v) is 10.6. The van der Waals surface area contributed by atoms with E-state index in [1.807, 2.05) is 18.2 Å². The second kappa shape index (κ2) is 7.13. The van der Waals surface area contributed by atoms with Crippen molar-refractivity contribution >= 4 is 5.91 Å². The Morgan fingerprint density at radius 2 is 1.89 bits per heavy atom. The van der Waals surface area contributed by atoms with E-state index in [1.165, 1.54) is 19.3 Å². The van der Waals surface area contributed by atoms with Crippen LogP contribution in [-0.4, -0.2) is 37.0 Å². The predicted octanol–water partition coefficient (Wildman–Crippen LogP) is 1.83. The molecule has 4 nitrogen and oxygen atoms in total. The second-order valence-electron chi connectivity index (χ2n) is 4.55. The minimum atomic E-state index is -0.186. The van der Waals surface area contributed by atoms with Crippen LogP contribution in [0.1, 0.15) is 29.6 Å². The van der Waals surface area contributed by atoms with E-state index in [4.69, 9.17) is 4.84 Å². The van der Waals surface area contributed by atoms with Crippen LogP contribution in [0.4, 0.5) is 0 Å². The van der Waals surface area contributed by atoms with Gasteiger partial charge in [-0.15, -0.1) is 0 Å². The highest BCUT2D eigenvalue weighted by Crippen LogP contribution is 2.07. The molecule has 0 spiro atoms. The standard InChI is InChI=1S/C14H20N2O2/c17-14(13-7-3-1-4-8-13)15-18-12-11-16-9-5-2-6-10-16/h1,3-4,7-8H,2,5-6,9-12H2,(H,15,17). The first-order chi connectivity index (χ1) is 8.86. The number of hydrogen-bond acceptors (Lipinski definition) is 3. The quantitative estimate of drug-likeness (QED) is 0.638. The molecule has 1 fully saturated rings. The van der Waals surface area contributed by atoms with Crippen LogP contribution in [0.3, 0.4) is 0 Å². The van der Waals surface area contributed by atoms with Crippen molar-refractivity contribution in [2.24, 2.45) is 0 Å². The number of carbonyl (C=O) groups excluding carboxylic acids is 1. The second-order valence-corrected chi connectivity index (χ2v) is 4.55. The molecule has 1 aromatic carbocycles. The molecule has 0 saturated carbocycles. The number of carbonyl (C=O) groups is 1. The van der Waals surface area contributed by atoms with Crippen molar-refractivity contribution in [2.45, 2.75) is 19.3 Å². The molecule has 0 radical (unpaired) electrons. The Labute approximate surface area is 108 Å². The predicted molar refractivity (Wildman–Crippen MR) is 70.2 cm³/mol. The van der Waals surface area contributed by atoms with Crippen LogP contribution >= 0.6 is 0 Å². The van der Waals surface area contributed by atoms with Gasteiger partial charge < -0.3 is 4.90 Å². The van der Waals surface area contributed by atoms with Crippen molar-refractivity contribution in [2.75, 3.05) is 26.2 Å². The van der Waals surface area contributed by atoms with E-state index in [0.29, 0.717) is 12.2 Å². The Balaban J connectivity index is 1.62. The van der Waals surface area contributed by atoms with Gasteiger partial charge in [0.1, 0.15) is 0 Å². The monoisotopic (exact) mass is 248 g/mol. The van der Waals surface area contributed by atoms with Crippen molar-refractivity contribution in [3.05, 3.63) is 35.9 Å². The minimum absolute atomic E-state index is 0.186. The highest BCUT2D eigenvalue weighted by atomic mass is 16.6. The molecular formula is C14H20N2O2. The first-order valence-corrected chi connectivity index (χ1v) is 6.56. The summed E-state index contributed by atoms with van der Waals surface area (Å²) < 4.78 is 0. The molecule has 1 heterocycles. The molecule has 1 aliphatic heterocycles. The lowest BCUT2D eigenvalue weighted by atomic mass is 10.1. The molecular weight excluding hydrogens is 228 g/mol. The molecule has 1 aliphatic rings. The smallest absolute Gasteiger partial charge is 0.274 e. The fraction of sp³-hybridized carbons (Fsp3) is 0.500. The van der Waals surface area contributed by atoms with Crippen LogP contribution < -0.4 is 5.48 Å². The van der Waals surface area contributed by atoms with Crippen LogP contribution in [-0.2, 0) is 4.84 Å². The molecule has 98 valence electrons. The van der Waals surface area contributed by atoms with Gasteiger partial charge in [-0.3, -0.25) is 9.63 Å². The molecule has 0 atom stereocenters. The summed E-state index contributed by atoms with van der Waals surface area (Å²) in [5.41, 5.74) is 3.09. The number of hydrogen-bond donors (Lipinski definition) is 1. The molecule has 1 aromatic rings. The summed E-state index contributed by atoms with van der Waals surface area (Å²) in [7, 11) is 0. The Morgan fingerprint density at radius 1 is 1.17 bits per heavy atom. The van der Waals surface area contributed by atoms with Crippen LogP contribution in [0.2, 0.25) is 0 Å². The molecule has 0 aromatic heterocycles. The topological polar surface area (TPSA) is 41.6 Å². The summed E-state index contributed by atoms with van der Waals surface area (Å²) in [6.07, 6.45) is 3.88. The van der Waals surface area contributed by atoms with Gasteiger partial charge in [-0.2, -0.15) is 0 Å². The molecule has 1 saturated heterocycles. The lowest BCUT2D eigenvalue weighted by molar-refractivity contribution is 0.0206. The SMILES string of the molecule is O=C(NOCCN1CCCCC1)c1ccccc1. The summed E-state index contributed by atoms with van der Waals surface area (Å²) in [6, 6.07) is 9.09. The normalized spacial score (nSPS) is 16.4. The first kappa shape index (κ1) is 13.1. The van der Waals surface area contributed by atoms with E-state index in [-0.39, 0.29) is 5.91 Å². The minimum Gasteiger partial charge on any atom is -0.301 e. The van der Waals surface area contributed by atoms with Crippen LogP contribution in [0.15, 0.2) is 30.3 Å². The summed E-state index contributed by atoms with van der Waals surface area (Å²) in [6.45, 7) is 3.72. The zero-order valence-electron chi connectivity index (χ0n) is 10.6. The van der Waals surface area contributed by atoms with E-state index in [2.05, 4.69) is 10.4 Å². The lowest BCUT2D eigenvalue weighted by Gasteiger charge is -2.25.